The quantitative estimate of drug-likeness (QED) is 0.756. The van der Waals surface area contributed by atoms with Crippen molar-refractivity contribution in [3.63, 3.8) is 0 Å². The summed E-state index contributed by atoms with van der Waals surface area (Å²) < 4.78 is 1.78. The van der Waals surface area contributed by atoms with Gasteiger partial charge in [-0.05, 0) is 25.0 Å². The van der Waals surface area contributed by atoms with Gasteiger partial charge in [0.2, 0.25) is 11.8 Å². The first-order chi connectivity index (χ1) is 13.5. The van der Waals surface area contributed by atoms with Gasteiger partial charge in [0.25, 0.3) is 0 Å². The Bertz CT molecular complexity index is 862. The van der Waals surface area contributed by atoms with Crippen LogP contribution in [0.15, 0.2) is 30.3 Å². The molecule has 0 fully saturated rings. The molecule has 6 heteroatoms. The lowest BCUT2D eigenvalue weighted by Gasteiger charge is -2.23. The van der Waals surface area contributed by atoms with Crippen LogP contribution in [0.4, 0.5) is 5.82 Å². The third-order valence-electron chi connectivity index (χ3n) is 4.72. The van der Waals surface area contributed by atoms with Crippen molar-refractivity contribution in [1.82, 2.24) is 14.7 Å². The van der Waals surface area contributed by atoms with Gasteiger partial charge in [-0.1, -0.05) is 59.7 Å². The molecule has 158 valence electrons. The highest BCUT2D eigenvalue weighted by atomic mass is 16.2. The van der Waals surface area contributed by atoms with Gasteiger partial charge in [0.15, 0.2) is 0 Å². The number of benzene rings is 1. The van der Waals surface area contributed by atoms with Gasteiger partial charge in [-0.25, -0.2) is 4.68 Å². The van der Waals surface area contributed by atoms with Gasteiger partial charge in [0.05, 0.1) is 17.9 Å². The molecule has 29 heavy (non-hydrogen) atoms. The molecule has 0 aliphatic rings. The van der Waals surface area contributed by atoms with Crippen molar-refractivity contribution in [3.05, 3.63) is 41.6 Å². The maximum absolute atomic E-state index is 12.8. The van der Waals surface area contributed by atoms with Gasteiger partial charge in [0, 0.05) is 23.9 Å². The smallest absolute Gasteiger partial charge is 0.245 e. The Morgan fingerprint density at radius 2 is 1.86 bits per heavy atom. The molecule has 2 amide bonds. The normalized spacial score (nSPS) is 11.6. The summed E-state index contributed by atoms with van der Waals surface area (Å²) in [6.07, 6.45) is 0.807. The van der Waals surface area contributed by atoms with E-state index in [9.17, 15) is 9.59 Å². The number of carbonyl (C=O) groups excluding carboxylic acids is 2. The van der Waals surface area contributed by atoms with E-state index in [0.29, 0.717) is 12.4 Å². The molecule has 0 aliphatic heterocycles. The third-order valence-corrected chi connectivity index (χ3v) is 4.72. The molecule has 0 radical (unpaired) electrons. The third kappa shape index (κ3) is 5.68. The fourth-order valence-electron chi connectivity index (χ4n) is 3.08. The Balaban J connectivity index is 2.33. The Kier molecular flexibility index (Phi) is 7.22. The Morgan fingerprint density at radius 1 is 1.21 bits per heavy atom. The topological polar surface area (TPSA) is 67.2 Å². The largest absolute Gasteiger partial charge is 0.333 e. The van der Waals surface area contributed by atoms with E-state index in [1.807, 2.05) is 58.0 Å². The lowest BCUT2D eigenvalue weighted by Crippen LogP contribution is -2.40. The molecule has 1 aromatic carbocycles. The highest BCUT2D eigenvalue weighted by Crippen LogP contribution is 2.27. The molecule has 0 unspecified atom stereocenters. The molecule has 2 aromatic rings. The number of carbonyl (C=O) groups is 2. The van der Waals surface area contributed by atoms with E-state index < -0.39 is 0 Å². The standard InChI is InChI=1S/C23H34N4O2/c1-8-13-26(22(29)16(2)3)15-21(28)24-20-14-19(23(5,6)7)25-27(20)18-12-10-9-11-17(18)4/h9-12,14,16H,8,13,15H2,1-7H3,(H,24,28). The molecule has 0 atom stereocenters. The molecule has 1 heterocycles. The molecule has 1 N–H and O–H groups in total. The number of hydrogen-bond donors (Lipinski definition) is 1. The average Bonchev–Trinajstić information content (AvgIpc) is 3.04. The Morgan fingerprint density at radius 3 is 2.41 bits per heavy atom. The van der Waals surface area contributed by atoms with Crippen molar-refractivity contribution in [3.8, 4) is 5.69 Å². The summed E-state index contributed by atoms with van der Waals surface area (Å²) >= 11 is 0. The van der Waals surface area contributed by atoms with E-state index in [1.54, 1.807) is 9.58 Å². The number of nitrogens with zero attached hydrogens (tertiary/aromatic N) is 3. The fraction of sp³-hybridized carbons (Fsp3) is 0.522. The molecule has 0 saturated heterocycles. The summed E-state index contributed by atoms with van der Waals surface area (Å²) in [6, 6.07) is 9.85. The van der Waals surface area contributed by atoms with Crippen molar-refractivity contribution < 1.29 is 9.59 Å². The van der Waals surface area contributed by atoms with Crippen LogP contribution < -0.4 is 5.32 Å². The Hall–Kier alpha value is -2.63. The van der Waals surface area contributed by atoms with Gasteiger partial charge in [-0.15, -0.1) is 0 Å². The number of aryl methyl sites for hydroxylation is 1. The monoisotopic (exact) mass is 398 g/mol. The molecule has 0 aliphatic carbocycles. The number of hydrogen-bond acceptors (Lipinski definition) is 3. The molecule has 6 nitrogen and oxygen atoms in total. The molecule has 0 bridgehead atoms. The first-order valence-electron chi connectivity index (χ1n) is 10.3. The van der Waals surface area contributed by atoms with E-state index in [-0.39, 0.29) is 29.7 Å². The zero-order valence-corrected chi connectivity index (χ0v) is 18.7. The van der Waals surface area contributed by atoms with Gasteiger partial charge in [-0.3, -0.25) is 9.59 Å². The van der Waals surface area contributed by atoms with Gasteiger partial charge in [-0.2, -0.15) is 5.10 Å². The number of aromatic nitrogens is 2. The highest BCUT2D eigenvalue weighted by Gasteiger charge is 2.24. The van der Waals surface area contributed by atoms with E-state index in [1.165, 1.54) is 0 Å². The zero-order chi connectivity index (χ0) is 21.8. The van der Waals surface area contributed by atoms with Crippen molar-refractivity contribution in [2.45, 2.75) is 60.3 Å². The maximum Gasteiger partial charge on any atom is 0.245 e. The predicted octanol–water partition coefficient (Wildman–Crippen LogP) is 4.31. The number of nitrogens with one attached hydrogen (secondary N) is 1. The first kappa shape index (κ1) is 22.7. The minimum atomic E-state index is -0.220. The molecule has 2 rings (SSSR count). The SMILES string of the molecule is CCCN(CC(=O)Nc1cc(C(C)(C)C)nn1-c1ccccc1C)C(=O)C(C)C. The van der Waals surface area contributed by atoms with Crippen LogP contribution in [0.5, 0.6) is 0 Å². The van der Waals surface area contributed by atoms with E-state index in [2.05, 4.69) is 26.1 Å². The second-order valence-electron chi connectivity index (χ2n) is 8.83. The maximum atomic E-state index is 12.8. The first-order valence-corrected chi connectivity index (χ1v) is 10.3. The van der Waals surface area contributed by atoms with Crippen molar-refractivity contribution >= 4 is 17.6 Å². The molecular weight excluding hydrogens is 364 g/mol. The van der Waals surface area contributed by atoms with Crippen molar-refractivity contribution in [2.24, 2.45) is 5.92 Å². The van der Waals surface area contributed by atoms with Crippen LogP contribution in [0, 0.1) is 12.8 Å². The summed E-state index contributed by atoms with van der Waals surface area (Å²) in [5, 5.41) is 7.74. The molecule has 0 spiro atoms. The van der Waals surface area contributed by atoms with Crippen molar-refractivity contribution in [2.75, 3.05) is 18.4 Å². The minimum absolute atomic E-state index is 0.00945. The van der Waals surface area contributed by atoms with Crippen LogP contribution in [0.25, 0.3) is 5.69 Å². The van der Waals surface area contributed by atoms with Crippen molar-refractivity contribution in [1.29, 1.82) is 0 Å². The van der Waals surface area contributed by atoms with Crippen LogP contribution in [0.2, 0.25) is 0 Å². The molecular formula is C23H34N4O2. The summed E-state index contributed by atoms with van der Waals surface area (Å²) in [5.41, 5.74) is 2.71. The average molecular weight is 399 g/mol. The highest BCUT2D eigenvalue weighted by molar-refractivity contribution is 5.94. The van der Waals surface area contributed by atoms with E-state index in [4.69, 9.17) is 5.10 Å². The molecule has 1 aromatic heterocycles. The second-order valence-corrected chi connectivity index (χ2v) is 8.83. The lowest BCUT2D eigenvalue weighted by atomic mass is 9.92. The van der Waals surface area contributed by atoms with Crippen LogP contribution in [0.3, 0.4) is 0 Å². The van der Waals surface area contributed by atoms with Gasteiger partial charge in [0.1, 0.15) is 5.82 Å². The molecule has 0 saturated carbocycles. The van der Waals surface area contributed by atoms with Crippen LogP contribution in [-0.2, 0) is 15.0 Å². The Labute approximate surface area is 174 Å². The summed E-state index contributed by atoms with van der Waals surface area (Å²) in [7, 11) is 0. The predicted molar refractivity (Wildman–Crippen MR) is 117 cm³/mol. The fourth-order valence-corrected chi connectivity index (χ4v) is 3.08. The lowest BCUT2D eigenvalue weighted by molar-refractivity contribution is -0.137. The number of anilines is 1. The number of rotatable bonds is 7. The zero-order valence-electron chi connectivity index (χ0n) is 18.7. The minimum Gasteiger partial charge on any atom is -0.333 e. The number of para-hydroxylation sites is 1. The van der Waals surface area contributed by atoms with E-state index in [0.717, 1.165) is 23.4 Å². The number of amides is 2. The van der Waals surface area contributed by atoms with Gasteiger partial charge < -0.3 is 10.2 Å². The van der Waals surface area contributed by atoms with Crippen LogP contribution >= 0.6 is 0 Å². The van der Waals surface area contributed by atoms with Crippen LogP contribution in [-0.4, -0.2) is 39.6 Å². The van der Waals surface area contributed by atoms with E-state index >= 15 is 0 Å². The summed E-state index contributed by atoms with van der Waals surface area (Å²) in [5.74, 6) is 0.245. The summed E-state index contributed by atoms with van der Waals surface area (Å²) in [6.45, 7) is 14.6. The van der Waals surface area contributed by atoms with Crippen LogP contribution in [0.1, 0.15) is 59.2 Å². The van der Waals surface area contributed by atoms with Gasteiger partial charge >= 0.3 is 0 Å². The second kappa shape index (κ2) is 9.25. The summed E-state index contributed by atoms with van der Waals surface area (Å²) in [4.78, 5) is 26.8.